The maximum atomic E-state index is 13.2. The molecule has 36 heavy (non-hydrogen) atoms. The van der Waals surface area contributed by atoms with Gasteiger partial charge < -0.3 is 9.74 Å². The summed E-state index contributed by atoms with van der Waals surface area (Å²) in [6.45, 7) is 0.344. The lowest BCUT2D eigenvalue weighted by atomic mass is 10.0. The molecule has 1 saturated heterocycles. The Labute approximate surface area is 207 Å². The van der Waals surface area contributed by atoms with Gasteiger partial charge in [0.05, 0.1) is 18.7 Å². The molecule has 2 aliphatic rings. The number of hydrogen-bond donors (Lipinski definition) is 1. The summed E-state index contributed by atoms with van der Waals surface area (Å²) in [5, 5.41) is -1.91. The number of carbonyl (C=O) groups is 4. The quantitative estimate of drug-likeness (QED) is 0.258. The fraction of sp³-hybridized carbons (Fsp3) is 0.280. The molecule has 1 fully saturated rings. The second-order valence-electron chi connectivity index (χ2n) is 8.31. The van der Waals surface area contributed by atoms with E-state index in [1.54, 1.807) is 4.90 Å². The number of hydroxylamine groups is 2. The third kappa shape index (κ3) is 5.45. The zero-order chi connectivity index (χ0) is 25.9. The molecule has 0 spiro atoms. The fourth-order valence-electron chi connectivity index (χ4n) is 3.95. The second-order valence-corrected chi connectivity index (χ2v) is 9.91. The van der Waals surface area contributed by atoms with Gasteiger partial charge in [-0.25, -0.2) is 4.79 Å². The molecule has 1 N–H and O–H groups in total. The topological polar surface area (TPSA) is 138 Å². The van der Waals surface area contributed by atoms with Crippen molar-refractivity contribution in [1.82, 2.24) is 5.06 Å². The molecule has 2 heterocycles. The van der Waals surface area contributed by atoms with Gasteiger partial charge in [-0.2, -0.15) is 8.42 Å². The van der Waals surface area contributed by atoms with Crippen LogP contribution in [-0.2, 0) is 40.7 Å². The zero-order valence-corrected chi connectivity index (χ0v) is 19.9. The molecule has 2 aromatic rings. The van der Waals surface area contributed by atoms with Crippen LogP contribution >= 0.6 is 0 Å². The molecule has 2 aromatic carbocycles. The smallest absolute Gasteiger partial charge is 0.330 e. The van der Waals surface area contributed by atoms with Crippen molar-refractivity contribution in [1.29, 1.82) is 0 Å². The maximum absolute atomic E-state index is 13.2. The van der Waals surface area contributed by atoms with E-state index >= 15 is 0 Å². The maximum Gasteiger partial charge on any atom is 0.333 e. The molecule has 11 heteroatoms. The van der Waals surface area contributed by atoms with E-state index in [2.05, 4.69) is 11.8 Å². The minimum absolute atomic E-state index is 0.0710. The van der Waals surface area contributed by atoms with Crippen LogP contribution in [0.2, 0.25) is 0 Å². The first-order chi connectivity index (χ1) is 17.1. The first kappa shape index (κ1) is 25.1. The minimum Gasteiger partial charge on any atom is -0.330 e. The van der Waals surface area contributed by atoms with Gasteiger partial charge in [-0.3, -0.25) is 18.9 Å². The molecular weight excluding hydrogens is 488 g/mol. The predicted octanol–water partition coefficient (Wildman–Crippen LogP) is 1.97. The van der Waals surface area contributed by atoms with Crippen molar-refractivity contribution >= 4 is 39.5 Å². The molecule has 186 valence electrons. The first-order valence-electron chi connectivity index (χ1n) is 11.2. The highest BCUT2D eigenvalue weighted by Crippen LogP contribution is 2.26. The molecule has 2 aliphatic heterocycles. The number of anilines is 1. The van der Waals surface area contributed by atoms with E-state index in [0.29, 0.717) is 18.7 Å². The van der Waals surface area contributed by atoms with Crippen molar-refractivity contribution in [3.63, 3.8) is 0 Å². The van der Waals surface area contributed by atoms with Crippen molar-refractivity contribution in [2.24, 2.45) is 0 Å². The summed E-state index contributed by atoms with van der Waals surface area (Å²) in [7, 11) is -4.79. The number of rotatable bonds is 7. The van der Waals surface area contributed by atoms with Crippen molar-refractivity contribution in [2.75, 3.05) is 4.90 Å². The number of fused-ring (bicyclic) bond motifs is 2. The Bertz CT molecular complexity index is 1410. The van der Waals surface area contributed by atoms with Crippen LogP contribution < -0.4 is 4.90 Å². The molecule has 10 nitrogen and oxygen atoms in total. The first-order valence-corrected chi connectivity index (χ1v) is 12.7. The fourth-order valence-corrected chi connectivity index (χ4v) is 4.65. The molecule has 3 amide bonds. The van der Waals surface area contributed by atoms with Gasteiger partial charge in [-0.15, -0.1) is 5.06 Å². The van der Waals surface area contributed by atoms with Crippen molar-refractivity contribution in [3.8, 4) is 11.8 Å². The van der Waals surface area contributed by atoms with Crippen molar-refractivity contribution in [2.45, 2.75) is 43.9 Å². The number of nitrogens with zero attached hydrogens (tertiary/aromatic N) is 2. The van der Waals surface area contributed by atoms with E-state index in [1.807, 2.05) is 48.5 Å². The zero-order valence-electron chi connectivity index (χ0n) is 19.0. The Morgan fingerprint density at radius 3 is 2.33 bits per heavy atom. The molecule has 0 aromatic heterocycles. The normalized spacial score (nSPS) is 16.9. The standard InChI is InChI=1S/C25H22N2O8S/c28-22(11-5-6-12-24(30)35-27-23(29)15-21(25(27)31)36(32,33)34)26-16-19-9-2-1-7-17(19)13-14-18-8-3-4-10-20(18)26/h1-4,7-10,21H,5-6,11-12,15-16H2,(H,32,33,34). The molecule has 0 bridgehead atoms. The number of hydrogen-bond acceptors (Lipinski definition) is 7. The van der Waals surface area contributed by atoms with E-state index in [4.69, 9.17) is 9.39 Å². The van der Waals surface area contributed by atoms with Crippen molar-refractivity contribution in [3.05, 3.63) is 65.2 Å². The van der Waals surface area contributed by atoms with E-state index in [0.717, 1.165) is 16.7 Å². The summed E-state index contributed by atoms with van der Waals surface area (Å²) in [6.07, 6.45) is -0.316. The van der Waals surface area contributed by atoms with E-state index in [1.165, 1.54) is 0 Å². The van der Waals surface area contributed by atoms with Crippen LogP contribution in [0.5, 0.6) is 0 Å². The van der Waals surface area contributed by atoms with Crippen LogP contribution in [0, 0.1) is 11.8 Å². The summed E-state index contributed by atoms with van der Waals surface area (Å²) >= 11 is 0. The summed E-state index contributed by atoms with van der Waals surface area (Å²) in [6, 6.07) is 15.0. The van der Waals surface area contributed by atoms with Gasteiger partial charge >= 0.3 is 5.97 Å². The molecule has 1 unspecified atom stereocenters. The summed E-state index contributed by atoms with van der Waals surface area (Å²) in [5.74, 6) is 2.84. The van der Waals surface area contributed by atoms with Crippen molar-refractivity contribution < 1.29 is 37.0 Å². The lowest BCUT2D eigenvalue weighted by Crippen LogP contribution is -2.36. The molecule has 1 atom stereocenters. The van der Waals surface area contributed by atoms with Gasteiger partial charge in [0.15, 0.2) is 5.25 Å². The summed E-state index contributed by atoms with van der Waals surface area (Å²) in [5.41, 5.74) is 3.19. The number of amides is 3. The Balaban J connectivity index is 1.34. The van der Waals surface area contributed by atoms with Crippen LogP contribution in [0.3, 0.4) is 0 Å². The Morgan fingerprint density at radius 1 is 0.972 bits per heavy atom. The van der Waals surface area contributed by atoms with Gasteiger partial charge in [0.25, 0.3) is 21.9 Å². The van der Waals surface area contributed by atoms with Gasteiger partial charge in [-0.1, -0.05) is 42.2 Å². The van der Waals surface area contributed by atoms with E-state index in [9.17, 15) is 27.6 Å². The Morgan fingerprint density at radius 2 is 1.61 bits per heavy atom. The van der Waals surface area contributed by atoms with Gasteiger partial charge in [0, 0.05) is 24.0 Å². The number of unbranched alkanes of at least 4 members (excludes halogenated alkanes) is 1. The highest BCUT2D eigenvalue weighted by Gasteiger charge is 2.48. The second kappa shape index (κ2) is 10.3. The average molecular weight is 511 g/mol. The van der Waals surface area contributed by atoms with Gasteiger partial charge in [0.1, 0.15) is 0 Å². The van der Waals surface area contributed by atoms with Gasteiger partial charge in [0.2, 0.25) is 5.91 Å². The minimum atomic E-state index is -4.79. The number of benzene rings is 2. The Hall–Kier alpha value is -4.01. The van der Waals surface area contributed by atoms with Crippen LogP contribution in [0.15, 0.2) is 48.5 Å². The Kier molecular flexibility index (Phi) is 7.19. The molecular formula is C25H22N2O8S. The number of para-hydroxylation sites is 1. The summed E-state index contributed by atoms with van der Waals surface area (Å²) in [4.78, 5) is 55.4. The molecule has 0 aliphatic carbocycles. The summed E-state index contributed by atoms with van der Waals surface area (Å²) < 4.78 is 31.4. The van der Waals surface area contributed by atoms with Crippen LogP contribution in [-0.4, -0.2) is 47.0 Å². The number of carbonyl (C=O) groups excluding carboxylic acids is 4. The molecule has 0 radical (unpaired) electrons. The lowest BCUT2D eigenvalue weighted by Gasteiger charge is -2.26. The average Bonchev–Trinajstić information content (AvgIpc) is 3.12. The van der Waals surface area contributed by atoms with Crippen LogP contribution in [0.4, 0.5) is 5.69 Å². The third-order valence-electron chi connectivity index (χ3n) is 5.81. The van der Waals surface area contributed by atoms with E-state index in [-0.39, 0.29) is 30.2 Å². The number of imide groups is 1. The highest BCUT2D eigenvalue weighted by molar-refractivity contribution is 7.87. The molecule has 0 saturated carbocycles. The third-order valence-corrected chi connectivity index (χ3v) is 6.90. The van der Waals surface area contributed by atoms with Crippen LogP contribution in [0.25, 0.3) is 0 Å². The van der Waals surface area contributed by atoms with E-state index < -0.39 is 39.6 Å². The molecule has 4 rings (SSSR count). The highest BCUT2D eigenvalue weighted by atomic mass is 32.2. The monoisotopic (exact) mass is 510 g/mol. The van der Waals surface area contributed by atoms with Crippen LogP contribution in [0.1, 0.15) is 48.8 Å². The largest absolute Gasteiger partial charge is 0.333 e. The predicted molar refractivity (Wildman–Crippen MR) is 126 cm³/mol. The van der Waals surface area contributed by atoms with Gasteiger partial charge in [-0.05, 0) is 36.6 Å². The SMILES string of the molecule is O=C(CCCCC(=O)N1Cc2ccccc2C#Cc2ccccc21)ON1C(=O)CC(S(=O)(=O)O)C1=O. The lowest BCUT2D eigenvalue weighted by molar-refractivity contribution is -0.197.